The third-order valence-corrected chi connectivity index (χ3v) is 4.43. The average Bonchev–Trinajstić information content (AvgIpc) is 3.11. The minimum Gasteiger partial charge on any atom is -0.406 e. The van der Waals surface area contributed by atoms with E-state index in [0.717, 1.165) is 11.9 Å². The number of aromatic amines is 1. The van der Waals surface area contributed by atoms with Crippen LogP contribution in [0.3, 0.4) is 0 Å². The Morgan fingerprint density at radius 1 is 0.931 bits per heavy atom. The van der Waals surface area contributed by atoms with Gasteiger partial charge >= 0.3 is 6.36 Å². The third-order valence-electron chi connectivity index (χ3n) is 4.43. The van der Waals surface area contributed by atoms with E-state index in [9.17, 15) is 13.2 Å². The van der Waals surface area contributed by atoms with Crippen LogP contribution in [-0.2, 0) is 6.42 Å². The summed E-state index contributed by atoms with van der Waals surface area (Å²) in [5.74, 6) is 0.225. The highest BCUT2D eigenvalue weighted by Crippen LogP contribution is 2.26. The van der Waals surface area contributed by atoms with Crippen LogP contribution in [0.2, 0.25) is 0 Å². The summed E-state index contributed by atoms with van der Waals surface area (Å²) in [6, 6.07) is 13.7. The van der Waals surface area contributed by atoms with E-state index in [4.69, 9.17) is 0 Å². The number of H-pyrrole nitrogens is 1. The summed E-state index contributed by atoms with van der Waals surface area (Å²) in [4.78, 5) is 11.8. The van der Waals surface area contributed by atoms with Crippen molar-refractivity contribution >= 4 is 16.9 Å². The second-order valence-electron chi connectivity index (χ2n) is 6.40. The van der Waals surface area contributed by atoms with Gasteiger partial charge in [0.2, 0.25) is 5.95 Å². The Morgan fingerprint density at radius 3 is 2.38 bits per heavy atom. The smallest absolute Gasteiger partial charge is 0.406 e. The summed E-state index contributed by atoms with van der Waals surface area (Å²) >= 11 is 0. The van der Waals surface area contributed by atoms with Crippen LogP contribution in [0.5, 0.6) is 5.75 Å². The van der Waals surface area contributed by atoms with Crippen molar-refractivity contribution < 1.29 is 17.9 Å². The summed E-state index contributed by atoms with van der Waals surface area (Å²) in [5.41, 5.74) is 3.72. The number of halogens is 3. The van der Waals surface area contributed by atoms with Gasteiger partial charge < -0.3 is 15.0 Å². The van der Waals surface area contributed by atoms with Gasteiger partial charge in [0.05, 0.1) is 0 Å². The van der Waals surface area contributed by atoms with Gasteiger partial charge in [-0.2, -0.15) is 0 Å². The summed E-state index contributed by atoms with van der Waals surface area (Å²) < 4.78 is 40.6. The molecule has 0 aliphatic heterocycles. The molecule has 0 bridgehead atoms. The Bertz CT molecular complexity index is 1090. The highest BCUT2D eigenvalue weighted by molar-refractivity contribution is 5.83. The van der Waals surface area contributed by atoms with Gasteiger partial charge in [-0.05, 0) is 35.7 Å². The lowest BCUT2D eigenvalue weighted by atomic mass is 10.1. The zero-order valence-electron chi connectivity index (χ0n) is 15.2. The van der Waals surface area contributed by atoms with Gasteiger partial charge in [0.1, 0.15) is 5.75 Å². The van der Waals surface area contributed by atoms with E-state index in [1.165, 1.54) is 35.2 Å². The van der Waals surface area contributed by atoms with Gasteiger partial charge in [-0.1, -0.05) is 30.3 Å². The van der Waals surface area contributed by atoms with E-state index < -0.39 is 6.36 Å². The normalized spacial score (nSPS) is 11.6. The van der Waals surface area contributed by atoms with Crippen molar-refractivity contribution in [3.8, 4) is 16.9 Å². The Balaban J connectivity index is 1.35. The maximum atomic E-state index is 12.2. The van der Waals surface area contributed by atoms with E-state index in [2.05, 4.69) is 31.1 Å². The topological polar surface area (TPSA) is 62.8 Å². The molecule has 0 amide bonds. The van der Waals surface area contributed by atoms with Crippen molar-refractivity contribution in [3.05, 3.63) is 72.7 Å². The quantitative estimate of drug-likeness (QED) is 0.470. The molecule has 0 aliphatic rings. The second kappa shape index (κ2) is 7.83. The average molecular weight is 398 g/mol. The lowest BCUT2D eigenvalue weighted by molar-refractivity contribution is -0.274. The van der Waals surface area contributed by atoms with Crippen molar-refractivity contribution in [2.45, 2.75) is 12.8 Å². The van der Waals surface area contributed by atoms with Crippen LogP contribution in [0.25, 0.3) is 22.0 Å². The summed E-state index contributed by atoms with van der Waals surface area (Å²) in [6.45, 7) is 0.671. The number of anilines is 1. The van der Waals surface area contributed by atoms with Crippen LogP contribution in [0.1, 0.15) is 5.56 Å². The molecular weight excluding hydrogens is 381 g/mol. The SMILES string of the molecule is FC(F)(F)Oc1ccc(-c2cnc(NCCc3c[nH]c4ccccc34)nc2)cc1. The second-order valence-corrected chi connectivity index (χ2v) is 6.40. The maximum absolute atomic E-state index is 12.2. The maximum Gasteiger partial charge on any atom is 0.573 e. The first-order valence-electron chi connectivity index (χ1n) is 8.95. The fourth-order valence-electron chi connectivity index (χ4n) is 3.06. The van der Waals surface area contributed by atoms with E-state index in [-0.39, 0.29) is 5.75 Å². The van der Waals surface area contributed by atoms with Crippen molar-refractivity contribution in [2.75, 3.05) is 11.9 Å². The number of benzene rings is 2. The van der Waals surface area contributed by atoms with E-state index in [0.29, 0.717) is 23.6 Å². The van der Waals surface area contributed by atoms with Crippen LogP contribution in [-0.4, -0.2) is 27.9 Å². The van der Waals surface area contributed by atoms with Crippen molar-refractivity contribution in [3.63, 3.8) is 0 Å². The molecule has 2 heterocycles. The number of nitrogens with zero attached hydrogens (tertiary/aromatic N) is 2. The molecule has 2 aromatic carbocycles. The molecule has 0 radical (unpaired) electrons. The fourth-order valence-corrected chi connectivity index (χ4v) is 3.06. The molecule has 0 fully saturated rings. The molecule has 8 heteroatoms. The number of ether oxygens (including phenoxy) is 1. The van der Waals surface area contributed by atoms with Crippen LogP contribution >= 0.6 is 0 Å². The molecule has 0 unspecified atom stereocenters. The van der Waals surface area contributed by atoms with E-state index in [1.807, 2.05) is 24.4 Å². The number of nitrogens with one attached hydrogen (secondary N) is 2. The Labute approximate surface area is 164 Å². The molecule has 0 atom stereocenters. The number of hydrogen-bond acceptors (Lipinski definition) is 4. The molecule has 2 N–H and O–H groups in total. The van der Waals surface area contributed by atoms with E-state index >= 15 is 0 Å². The first-order valence-corrected chi connectivity index (χ1v) is 8.95. The zero-order chi connectivity index (χ0) is 20.3. The summed E-state index contributed by atoms with van der Waals surface area (Å²) in [7, 11) is 0. The van der Waals surface area contributed by atoms with Crippen LogP contribution in [0, 0.1) is 0 Å². The number of aromatic nitrogens is 3. The van der Waals surface area contributed by atoms with Crippen molar-refractivity contribution in [1.29, 1.82) is 0 Å². The molecule has 2 aromatic heterocycles. The van der Waals surface area contributed by atoms with Gasteiger partial charge in [0, 0.05) is 41.6 Å². The van der Waals surface area contributed by atoms with Crippen molar-refractivity contribution in [1.82, 2.24) is 15.0 Å². The predicted molar refractivity (Wildman–Crippen MR) is 105 cm³/mol. The molecule has 4 rings (SSSR count). The Kier molecular flexibility index (Phi) is 5.07. The largest absolute Gasteiger partial charge is 0.573 e. The van der Waals surface area contributed by atoms with Crippen LogP contribution < -0.4 is 10.1 Å². The van der Waals surface area contributed by atoms with Gasteiger partial charge in [-0.3, -0.25) is 0 Å². The number of alkyl halides is 3. The molecule has 0 spiro atoms. The number of rotatable bonds is 6. The molecular formula is C21H17F3N4O. The minimum atomic E-state index is -4.70. The van der Waals surface area contributed by atoms with Gasteiger partial charge in [0.25, 0.3) is 0 Å². The molecule has 5 nitrogen and oxygen atoms in total. The molecule has 0 aliphatic carbocycles. The predicted octanol–water partition coefficient (Wildman–Crippen LogP) is 5.18. The van der Waals surface area contributed by atoms with Crippen LogP contribution in [0.15, 0.2) is 67.1 Å². The monoisotopic (exact) mass is 398 g/mol. The molecule has 148 valence electrons. The first kappa shape index (κ1) is 18.8. The Morgan fingerprint density at radius 2 is 1.66 bits per heavy atom. The summed E-state index contributed by atoms with van der Waals surface area (Å²) in [5, 5.41) is 4.38. The van der Waals surface area contributed by atoms with Crippen LogP contribution in [0.4, 0.5) is 19.1 Å². The molecule has 4 aromatic rings. The highest BCUT2D eigenvalue weighted by atomic mass is 19.4. The first-order chi connectivity index (χ1) is 14.0. The highest BCUT2D eigenvalue weighted by Gasteiger charge is 2.30. The van der Waals surface area contributed by atoms with E-state index in [1.54, 1.807) is 12.4 Å². The number of hydrogen-bond donors (Lipinski definition) is 2. The lowest BCUT2D eigenvalue weighted by Crippen LogP contribution is -2.16. The van der Waals surface area contributed by atoms with Gasteiger partial charge in [-0.15, -0.1) is 13.2 Å². The third kappa shape index (κ3) is 4.66. The standard InChI is InChI=1S/C21H17F3N4O/c22-21(23,24)29-17-7-5-14(6-8-17)16-12-27-20(28-13-16)25-10-9-15-11-26-19-4-2-1-3-18(15)19/h1-8,11-13,26H,9-10H2,(H,25,27,28). The molecule has 0 saturated carbocycles. The Hall–Kier alpha value is -3.55. The number of fused-ring (bicyclic) bond motifs is 1. The fraction of sp³-hybridized carbons (Fsp3) is 0.143. The van der Waals surface area contributed by atoms with Gasteiger partial charge in [-0.25, -0.2) is 9.97 Å². The van der Waals surface area contributed by atoms with Gasteiger partial charge in [0.15, 0.2) is 0 Å². The summed E-state index contributed by atoms with van der Waals surface area (Å²) in [6.07, 6.45) is 1.37. The minimum absolute atomic E-state index is 0.266. The molecule has 0 saturated heterocycles. The zero-order valence-corrected chi connectivity index (χ0v) is 15.2. The number of para-hydroxylation sites is 1. The van der Waals surface area contributed by atoms with Crippen molar-refractivity contribution in [2.24, 2.45) is 0 Å². The lowest BCUT2D eigenvalue weighted by Gasteiger charge is -2.09. The molecule has 29 heavy (non-hydrogen) atoms.